The first-order valence-electron chi connectivity index (χ1n) is 14.3. The van der Waals surface area contributed by atoms with Crippen molar-refractivity contribution in [1.82, 2.24) is 24.3 Å². The van der Waals surface area contributed by atoms with E-state index in [0.29, 0.717) is 18.5 Å². The van der Waals surface area contributed by atoms with Crippen LogP contribution in [0.15, 0.2) is 36.8 Å². The Balaban J connectivity index is 1.21. The van der Waals surface area contributed by atoms with Gasteiger partial charge in [0.15, 0.2) is 0 Å². The second kappa shape index (κ2) is 10.5. The molecule has 0 spiro atoms. The Morgan fingerprint density at radius 2 is 1.79 bits per heavy atom. The van der Waals surface area contributed by atoms with Crippen LogP contribution in [-0.4, -0.2) is 81.9 Å². The zero-order chi connectivity index (χ0) is 26.3. The minimum atomic E-state index is -0.0570. The number of benzene rings is 1. The number of anilines is 1. The minimum absolute atomic E-state index is 0.0570. The van der Waals surface area contributed by atoms with E-state index in [0.717, 1.165) is 72.7 Å². The summed E-state index contributed by atoms with van der Waals surface area (Å²) in [5.74, 6) is 1.37. The van der Waals surface area contributed by atoms with E-state index in [1.165, 1.54) is 25.9 Å². The first-order valence-corrected chi connectivity index (χ1v) is 14.3. The molecule has 1 aromatic carbocycles. The third-order valence-electron chi connectivity index (χ3n) is 8.87. The number of likely N-dealkylation sites (tertiary alicyclic amines) is 2. The molecule has 3 saturated heterocycles. The van der Waals surface area contributed by atoms with Gasteiger partial charge in [0.2, 0.25) is 0 Å². The molecule has 0 amide bonds. The van der Waals surface area contributed by atoms with Crippen LogP contribution in [-0.2, 0) is 4.74 Å². The van der Waals surface area contributed by atoms with Crippen molar-refractivity contribution in [2.24, 2.45) is 0 Å². The maximum atomic E-state index is 6.45. The van der Waals surface area contributed by atoms with Crippen LogP contribution < -0.4 is 10.5 Å². The smallest absolute Gasteiger partial charge is 0.146 e. The van der Waals surface area contributed by atoms with Gasteiger partial charge in [-0.15, -0.1) is 0 Å². The molecule has 0 radical (unpaired) electrons. The fourth-order valence-corrected chi connectivity index (χ4v) is 6.63. The standard InChI is InChI=1S/C30H42N6O2/c1-30(2)12-7-25(38-30)19-37-24-6-4-5-21(17-24)26-18-36(29-27(26)28(31)32-20-33-29)23-10-15-35(16-11-23)22-8-13-34(3)14-9-22/h4-6,17-18,20,22-23,25H,7-16,19H2,1-3H3,(H2,31,32,33). The van der Waals surface area contributed by atoms with Crippen LogP contribution in [0.5, 0.6) is 5.75 Å². The summed E-state index contributed by atoms with van der Waals surface area (Å²) in [4.78, 5) is 14.2. The summed E-state index contributed by atoms with van der Waals surface area (Å²) in [6, 6.07) is 9.43. The summed E-state index contributed by atoms with van der Waals surface area (Å²) in [7, 11) is 2.23. The summed E-state index contributed by atoms with van der Waals surface area (Å²) in [5, 5.41) is 0.934. The van der Waals surface area contributed by atoms with E-state index in [4.69, 9.17) is 20.2 Å². The average molecular weight is 519 g/mol. The number of nitrogens with zero attached hydrogens (tertiary/aromatic N) is 5. The Morgan fingerprint density at radius 3 is 2.53 bits per heavy atom. The lowest BCUT2D eigenvalue weighted by atomic mass is 9.98. The Labute approximate surface area is 226 Å². The van der Waals surface area contributed by atoms with Gasteiger partial charge in [-0.05, 0) is 90.2 Å². The number of ether oxygens (including phenoxy) is 2. The van der Waals surface area contributed by atoms with Crippen LogP contribution in [0.3, 0.4) is 0 Å². The quantitative estimate of drug-likeness (QED) is 0.504. The number of nitrogen functional groups attached to an aromatic ring is 1. The normalized spacial score (nSPS) is 23.8. The molecule has 3 aliphatic heterocycles. The molecule has 1 unspecified atom stereocenters. The van der Waals surface area contributed by atoms with Crippen molar-refractivity contribution in [1.29, 1.82) is 0 Å². The van der Waals surface area contributed by atoms with Gasteiger partial charge in [0, 0.05) is 36.9 Å². The van der Waals surface area contributed by atoms with Gasteiger partial charge in [-0.3, -0.25) is 0 Å². The van der Waals surface area contributed by atoms with Gasteiger partial charge < -0.3 is 29.6 Å². The van der Waals surface area contributed by atoms with Crippen LogP contribution in [0.2, 0.25) is 0 Å². The molecule has 0 saturated carbocycles. The molecule has 3 fully saturated rings. The molecule has 3 aromatic rings. The maximum absolute atomic E-state index is 6.45. The Hall–Kier alpha value is -2.68. The topological polar surface area (TPSA) is 81.7 Å². The van der Waals surface area contributed by atoms with Gasteiger partial charge in [0.1, 0.15) is 30.1 Å². The zero-order valence-electron chi connectivity index (χ0n) is 23.1. The first-order chi connectivity index (χ1) is 18.4. The predicted octanol–water partition coefficient (Wildman–Crippen LogP) is 4.75. The van der Waals surface area contributed by atoms with E-state index < -0.39 is 0 Å². The lowest BCUT2D eigenvalue weighted by Gasteiger charge is -2.41. The van der Waals surface area contributed by atoms with E-state index in [1.807, 2.05) is 12.1 Å². The lowest BCUT2D eigenvalue weighted by molar-refractivity contribution is -0.0326. The minimum Gasteiger partial charge on any atom is -0.491 e. The summed E-state index contributed by atoms with van der Waals surface area (Å²) >= 11 is 0. The molecular formula is C30H42N6O2. The van der Waals surface area contributed by atoms with Crippen molar-refractivity contribution >= 4 is 16.9 Å². The molecule has 1 atom stereocenters. The highest BCUT2D eigenvalue weighted by Gasteiger charge is 2.32. The molecule has 6 rings (SSSR count). The van der Waals surface area contributed by atoms with Gasteiger partial charge >= 0.3 is 0 Å². The van der Waals surface area contributed by atoms with Gasteiger partial charge in [-0.25, -0.2) is 9.97 Å². The Kier molecular flexibility index (Phi) is 7.05. The lowest BCUT2D eigenvalue weighted by Crippen LogP contribution is -2.47. The second-order valence-corrected chi connectivity index (χ2v) is 12.1. The van der Waals surface area contributed by atoms with E-state index in [-0.39, 0.29) is 11.7 Å². The number of nitrogens with two attached hydrogens (primary N) is 1. The van der Waals surface area contributed by atoms with E-state index in [1.54, 1.807) is 6.33 Å². The van der Waals surface area contributed by atoms with Crippen LogP contribution in [0.1, 0.15) is 58.4 Å². The fourth-order valence-electron chi connectivity index (χ4n) is 6.63. The highest BCUT2D eigenvalue weighted by Crippen LogP contribution is 2.38. The summed E-state index contributed by atoms with van der Waals surface area (Å²) in [6.07, 6.45) is 10.9. The molecule has 8 heteroatoms. The van der Waals surface area contributed by atoms with Gasteiger partial charge in [0.25, 0.3) is 0 Å². The molecule has 204 valence electrons. The number of piperidine rings is 2. The van der Waals surface area contributed by atoms with Crippen molar-refractivity contribution in [3.05, 3.63) is 36.8 Å². The number of rotatable bonds is 6. The highest BCUT2D eigenvalue weighted by atomic mass is 16.6. The third kappa shape index (κ3) is 5.26. The fraction of sp³-hybridized carbons (Fsp3) is 0.600. The van der Waals surface area contributed by atoms with Crippen molar-refractivity contribution in [3.8, 4) is 16.9 Å². The number of fused-ring (bicyclic) bond motifs is 1. The Bertz CT molecular complexity index is 1260. The van der Waals surface area contributed by atoms with Crippen LogP contribution in [0.4, 0.5) is 5.82 Å². The second-order valence-electron chi connectivity index (χ2n) is 12.1. The number of hydrogen-bond donors (Lipinski definition) is 1. The van der Waals surface area contributed by atoms with Crippen molar-refractivity contribution in [3.63, 3.8) is 0 Å². The van der Waals surface area contributed by atoms with Crippen molar-refractivity contribution in [2.45, 2.75) is 76.2 Å². The molecule has 2 aromatic heterocycles. The van der Waals surface area contributed by atoms with E-state index in [2.05, 4.69) is 58.6 Å². The largest absolute Gasteiger partial charge is 0.491 e. The molecule has 38 heavy (non-hydrogen) atoms. The van der Waals surface area contributed by atoms with E-state index >= 15 is 0 Å². The van der Waals surface area contributed by atoms with Gasteiger partial charge in [0.05, 0.1) is 17.1 Å². The SMILES string of the molecule is CN1CCC(N2CCC(n3cc(-c4cccc(OCC5CCC(C)(C)O5)c4)c4c(N)ncnc43)CC2)CC1. The van der Waals surface area contributed by atoms with Crippen molar-refractivity contribution < 1.29 is 9.47 Å². The molecule has 3 aliphatic rings. The highest BCUT2D eigenvalue weighted by molar-refractivity contribution is 6.00. The van der Waals surface area contributed by atoms with Crippen LogP contribution in [0, 0.1) is 0 Å². The molecule has 0 bridgehead atoms. The Morgan fingerprint density at radius 1 is 1.03 bits per heavy atom. The molecular weight excluding hydrogens is 476 g/mol. The maximum Gasteiger partial charge on any atom is 0.146 e. The molecule has 5 heterocycles. The molecule has 0 aliphatic carbocycles. The van der Waals surface area contributed by atoms with E-state index in [9.17, 15) is 0 Å². The zero-order valence-corrected chi connectivity index (χ0v) is 23.1. The summed E-state index contributed by atoms with van der Waals surface area (Å²) in [5.41, 5.74) is 9.46. The van der Waals surface area contributed by atoms with Crippen molar-refractivity contribution in [2.75, 3.05) is 45.6 Å². The van der Waals surface area contributed by atoms with Crippen LogP contribution >= 0.6 is 0 Å². The number of aromatic nitrogens is 3. The summed E-state index contributed by atoms with van der Waals surface area (Å²) in [6.45, 7) is 9.55. The predicted molar refractivity (Wildman–Crippen MR) is 151 cm³/mol. The first kappa shape index (κ1) is 25.6. The third-order valence-corrected chi connectivity index (χ3v) is 8.87. The van der Waals surface area contributed by atoms with Gasteiger partial charge in [-0.2, -0.15) is 0 Å². The summed E-state index contributed by atoms with van der Waals surface area (Å²) < 4.78 is 14.7. The number of hydrogen-bond acceptors (Lipinski definition) is 7. The van der Waals surface area contributed by atoms with Crippen LogP contribution in [0.25, 0.3) is 22.2 Å². The monoisotopic (exact) mass is 518 g/mol. The molecule has 2 N–H and O–H groups in total. The van der Waals surface area contributed by atoms with Gasteiger partial charge in [-0.1, -0.05) is 12.1 Å². The average Bonchev–Trinajstić information content (AvgIpc) is 3.49. The molecule has 8 nitrogen and oxygen atoms in total.